The summed E-state index contributed by atoms with van der Waals surface area (Å²) < 4.78 is 10.1. The molecule has 0 aliphatic rings. The molecular weight excluding hydrogens is 546 g/mol. The zero-order valence-electron chi connectivity index (χ0n) is 23.5. The number of carboxylic acid groups (broad SMARTS) is 1. The fourth-order valence-electron chi connectivity index (χ4n) is 4.11. The summed E-state index contributed by atoms with van der Waals surface area (Å²) in [6, 6.07) is 11.9. The molecule has 5 N–H and O–H groups in total. The van der Waals surface area contributed by atoms with Gasteiger partial charge in [-0.2, -0.15) is 5.21 Å². The fourth-order valence-corrected chi connectivity index (χ4v) is 4.11. The van der Waals surface area contributed by atoms with Crippen molar-refractivity contribution in [1.29, 1.82) is 0 Å². The molecule has 3 aromatic rings. The number of amides is 3. The Morgan fingerprint density at radius 1 is 0.952 bits per heavy atom. The molecule has 0 saturated carbocycles. The maximum absolute atomic E-state index is 13.5. The minimum Gasteiger partial charge on any atom is -0.481 e. The number of unbranched alkanes of at least 4 members (excludes halogenated alkanes) is 2. The van der Waals surface area contributed by atoms with E-state index in [4.69, 9.17) is 14.6 Å². The van der Waals surface area contributed by atoms with E-state index < -0.39 is 42.6 Å². The Hall–Kier alpha value is -5.01. The Bertz CT molecular complexity index is 1320. The van der Waals surface area contributed by atoms with Crippen molar-refractivity contribution in [3.05, 3.63) is 59.7 Å². The Morgan fingerprint density at radius 3 is 2.36 bits per heavy atom. The van der Waals surface area contributed by atoms with Gasteiger partial charge >= 0.3 is 12.1 Å². The molecule has 2 atom stereocenters. The molecule has 3 rings (SSSR count). The Balaban J connectivity index is 1.87. The molecule has 0 fully saturated rings. The maximum atomic E-state index is 13.5. The van der Waals surface area contributed by atoms with Gasteiger partial charge in [-0.1, -0.05) is 56.2 Å². The zero-order valence-corrected chi connectivity index (χ0v) is 23.5. The summed E-state index contributed by atoms with van der Waals surface area (Å²) in [5, 5.41) is 31.1. The van der Waals surface area contributed by atoms with Crippen molar-refractivity contribution < 1.29 is 33.8 Å². The molecule has 0 aliphatic carbocycles. The second kappa shape index (κ2) is 16.3. The summed E-state index contributed by atoms with van der Waals surface area (Å²) in [7, 11) is 1.20. The van der Waals surface area contributed by atoms with Crippen LogP contribution in [-0.2, 0) is 32.0 Å². The largest absolute Gasteiger partial charge is 0.481 e. The number of hydrogen-bond acceptors (Lipinski definition) is 9. The first kappa shape index (κ1) is 31.5. The van der Waals surface area contributed by atoms with Crippen molar-refractivity contribution in [1.82, 2.24) is 36.6 Å². The number of H-pyrrole nitrogens is 1. The second-order valence-corrected chi connectivity index (χ2v) is 9.39. The van der Waals surface area contributed by atoms with E-state index in [1.54, 1.807) is 18.2 Å². The highest BCUT2D eigenvalue weighted by Gasteiger charge is 2.28. The minimum absolute atomic E-state index is 0.0612. The number of methoxy groups -OCH3 is 1. The number of hydrogen-bond donors (Lipinski definition) is 5. The third-order valence-corrected chi connectivity index (χ3v) is 6.21. The number of carbonyl (C=O) groups is 4. The van der Waals surface area contributed by atoms with Crippen LogP contribution in [0, 0.1) is 0 Å². The lowest BCUT2D eigenvalue weighted by Crippen LogP contribution is -2.55. The van der Waals surface area contributed by atoms with Crippen LogP contribution in [0.1, 0.15) is 37.3 Å². The molecule has 224 valence electrons. The van der Waals surface area contributed by atoms with Gasteiger partial charge in [0.2, 0.25) is 17.6 Å². The first-order valence-corrected chi connectivity index (χ1v) is 13.5. The summed E-state index contributed by atoms with van der Waals surface area (Å²) in [4.78, 5) is 49.9. The lowest BCUT2D eigenvalue weighted by molar-refractivity contribution is -0.139. The van der Waals surface area contributed by atoms with Crippen molar-refractivity contribution in [2.45, 2.75) is 51.1 Å². The molecule has 0 bridgehead atoms. The molecule has 2 unspecified atom stereocenters. The highest BCUT2D eigenvalue weighted by Crippen LogP contribution is 2.29. The highest BCUT2D eigenvalue weighted by molar-refractivity contribution is 5.91. The average Bonchev–Trinajstić information content (AvgIpc) is 3.53. The van der Waals surface area contributed by atoms with Crippen LogP contribution in [0.2, 0.25) is 0 Å². The number of carboxylic acids is 1. The maximum Gasteiger partial charge on any atom is 0.407 e. The molecule has 14 heteroatoms. The number of rotatable bonds is 16. The number of benzene rings is 2. The van der Waals surface area contributed by atoms with Crippen LogP contribution in [-0.4, -0.2) is 82.0 Å². The van der Waals surface area contributed by atoms with Gasteiger partial charge < -0.3 is 30.5 Å². The summed E-state index contributed by atoms with van der Waals surface area (Å²) in [6.07, 6.45) is 2.14. The summed E-state index contributed by atoms with van der Waals surface area (Å²) >= 11 is 0. The molecular formula is C28H35N7O7. The van der Waals surface area contributed by atoms with E-state index in [2.05, 4.69) is 43.5 Å². The third kappa shape index (κ3) is 9.87. The number of carbonyl (C=O) groups excluding carboxylic acids is 3. The van der Waals surface area contributed by atoms with Gasteiger partial charge in [0.25, 0.3) is 0 Å². The van der Waals surface area contributed by atoms with Gasteiger partial charge in [0, 0.05) is 19.4 Å². The van der Waals surface area contributed by atoms with Crippen LogP contribution >= 0.6 is 0 Å². The van der Waals surface area contributed by atoms with E-state index in [0.717, 1.165) is 24.8 Å². The van der Waals surface area contributed by atoms with E-state index in [9.17, 15) is 19.2 Å². The smallest absolute Gasteiger partial charge is 0.407 e. The quantitative estimate of drug-likeness (QED) is 0.155. The lowest BCUT2D eigenvalue weighted by Gasteiger charge is -2.23. The Labute approximate surface area is 242 Å². The molecule has 3 amide bonds. The fraction of sp³-hybridized carbons (Fsp3) is 0.393. The van der Waals surface area contributed by atoms with Crippen LogP contribution in [0.15, 0.2) is 48.5 Å². The van der Waals surface area contributed by atoms with E-state index >= 15 is 0 Å². The number of aliphatic carboxylic acids is 1. The van der Waals surface area contributed by atoms with Gasteiger partial charge in [0.15, 0.2) is 6.61 Å². The van der Waals surface area contributed by atoms with Crippen molar-refractivity contribution >= 4 is 23.9 Å². The van der Waals surface area contributed by atoms with Crippen LogP contribution in [0.3, 0.4) is 0 Å². The molecule has 42 heavy (non-hydrogen) atoms. The summed E-state index contributed by atoms with van der Waals surface area (Å²) in [5.74, 6) is -1.77. The van der Waals surface area contributed by atoms with Crippen molar-refractivity contribution in [2.75, 3.05) is 20.3 Å². The molecule has 0 aliphatic heterocycles. The first-order valence-electron chi connectivity index (χ1n) is 13.5. The van der Waals surface area contributed by atoms with Crippen molar-refractivity contribution in [2.24, 2.45) is 0 Å². The SMILES string of the molecule is CCCCCNC(=O)C(Cc1ccc(OCC(=O)O)c(-c2nn[nH]n2)c1)NC(=O)C(Cc1ccccc1)NC(=O)OC. The summed E-state index contributed by atoms with van der Waals surface area (Å²) in [6.45, 7) is 1.90. The van der Waals surface area contributed by atoms with Crippen LogP contribution < -0.4 is 20.7 Å². The lowest BCUT2D eigenvalue weighted by atomic mass is 10.0. The molecule has 0 radical (unpaired) electrons. The third-order valence-electron chi connectivity index (χ3n) is 6.21. The van der Waals surface area contributed by atoms with Crippen molar-refractivity contribution in [3.63, 3.8) is 0 Å². The van der Waals surface area contributed by atoms with Crippen molar-refractivity contribution in [3.8, 4) is 17.1 Å². The predicted molar refractivity (Wildman–Crippen MR) is 150 cm³/mol. The number of aromatic nitrogens is 4. The van der Waals surface area contributed by atoms with E-state index in [-0.39, 0.29) is 24.4 Å². The normalized spacial score (nSPS) is 12.0. The van der Waals surface area contributed by atoms with Gasteiger partial charge in [-0.05, 0) is 34.9 Å². The van der Waals surface area contributed by atoms with Crippen LogP contribution in [0.5, 0.6) is 5.75 Å². The monoisotopic (exact) mass is 581 g/mol. The Kier molecular flexibility index (Phi) is 12.2. The number of nitrogens with one attached hydrogen (secondary N) is 4. The first-order chi connectivity index (χ1) is 20.3. The number of ether oxygens (including phenoxy) is 2. The molecule has 1 aromatic heterocycles. The number of nitrogens with zero attached hydrogens (tertiary/aromatic N) is 3. The second-order valence-electron chi connectivity index (χ2n) is 9.39. The predicted octanol–water partition coefficient (Wildman–Crippen LogP) is 1.63. The van der Waals surface area contributed by atoms with Crippen LogP contribution in [0.25, 0.3) is 11.4 Å². The minimum atomic E-state index is -1.16. The molecule has 0 saturated heterocycles. The van der Waals surface area contributed by atoms with Gasteiger partial charge in [-0.25, -0.2) is 9.59 Å². The van der Waals surface area contributed by atoms with Crippen LogP contribution in [0.4, 0.5) is 4.79 Å². The average molecular weight is 582 g/mol. The van der Waals surface area contributed by atoms with E-state index in [1.165, 1.54) is 7.11 Å². The molecule has 0 spiro atoms. The summed E-state index contributed by atoms with van der Waals surface area (Å²) in [5.41, 5.74) is 1.76. The van der Waals surface area contributed by atoms with Gasteiger partial charge in [-0.3, -0.25) is 9.59 Å². The van der Waals surface area contributed by atoms with E-state index in [1.807, 2.05) is 30.3 Å². The number of aromatic amines is 1. The zero-order chi connectivity index (χ0) is 30.3. The van der Waals surface area contributed by atoms with E-state index in [0.29, 0.717) is 17.7 Å². The topological polar surface area (TPSA) is 198 Å². The van der Waals surface area contributed by atoms with Gasteiger partial charge in [0.1, 0.15) is 17.8 Å². The van der Waals surface area contributed by atoms with Gasteiger partial charge in [0.05, 0.1) is 12.7 Å². The standard InChI is InChI=1S/C28H35N7O7/c1-3-4-8-13-29-26(38)21(30-27(39)22(31-28(40)41-2)15-18-9-6-5-7-10-18)16-19-11-12-23(42-17-24(36)37)20(14-19)25-32-34-35-33-25/h5-7,9-12,14,21-22H,3-4,8,13,15-17H2,1-2H3,(H,29,38)(H,30,39)(H,31,40)(H,36,37)(H,32,33,34,35). The number of tetrazole rings is 1. The Morgan fingerprint density at radius 2 is 1.69 bits per heavy atom. The number of alkyl carbamates (subject to hydrolysis) is 1. The highest BCUT2D eigenvalue weighted by atomic mass is 16.5. The molecule has 14 nitrogen and oxygen atoms in total. The molecule has 1 heterocycles. The molecule has 2 aromatic carbocycles. The van der Waals surface area contributed by atoms with Gasteiger partial charge in [-0.15, -0.1) is 10.2 Å².